The van der Waals surface area contributed by atoms with Crippen molar-refractivity contribution in [2.24, 2.45) is 0 Å². The highest BCUT2D eigenvalue weighted by Crippen LogP contribution is 2.37. The number of rotatable bonds is 4. The highest BCUT2D eigenvalue weighted by atomic mass is 16.5. The molecular weight excluding hydrogens is 286 g/mol. The highest BCUT2D eigenvalue weighted by molar-refractivity contribution is 5.63. The molecule has 3 rings (SSSR count). The molecule has 2 aromatic carbocycles. The molecule has 3 nitrogen and oxygen atoms in total. The van der Waals surface area contributed by atoms with Gasteiger partial charge in [0.1, 0.15) is 17.6 Å². The van der Waals surface area contributed by atoms with E-state index in [1.165, 1.54) is 11.1 Å². The molecule has 23 heavy (non-hydrogen) atoms. The van der Waals surface area contributed by atoms with Gasteiger partial charge in [-0.15, -0.1) is 0 Å². The topological polar surface area (TPSA) is 32.7 Å². The Kier molecular flexibility index (Phi) is 4.46. The number of phenolic OH excluding ortho intramolecular Hbond substituents is 1. The van der Waals surface area contributed by atoms with Crippen LogP contribution in [0, 0.1) is 0 Å². The van der Waals surface area contributed by atoms with E-state index in [4.69, 9.17) is 4.74 Å². The van der Waals surface area contributed by atoms with Crippen LogP contribution in [0.3, 0.4) is 0 Å². The number of aryl methyl sites for hydroxylation is 1. The van der Waals surface area contributed by atoms with Crippen molar-refractivity contribution in [1.29, 1.82) is 0 Å². The molecule has 1 N–H and O–H groups in total. The number of benzene rings is 2. The van der Waals surface area contributed by atoms with E-state index in [0.29, 0.717) is 6.04 Å². The van der Waals surface area contributed by atoms with Crippen LogP contribution in [0.15, 0.2) is 42.5 Å². The van der Waals surface area contributed by atoms with Gasteiger partial charge in [-0.3, -0.25) is 0 Å². The Morgan fingerprint density at radius 2 is 1.83 bits per heavy atom. The van der Waals surface area contributed by atoms with Gasteiger partial charge in [0.15, 0.2) is 0 Å². The first-order valence-corrected chi connectivity index (χ1v) is 8.41. The molecule has 0 fully saturated rings. The number of phenols is 1. The molecule has 1 atom stereocenters. The smallest absolute Gasteiger partial charge is 0.143 e. The number of hydrogen-bond donors (Lipinski definition) is 1. The van der Waals surface area contributed by atoms with Gasteiger partial charge in [0.25, 0.3) is 0 Å². The van der Waals surface area contributed by atoms with Crippen LogP contribution in [-0.2, 0) is 12.8 Å². The van der Waals surface area contributed by atoms with E-state index in [2.05, 4.69) is 49.9 Å². The molecule has 3 heteroatoms. The van der Waals surface area contributed by atoms with Crippen molar-refractivity contribution in [2.75, 3.05) is 11.4 Å². The molecule has 2 aromatic rings. The van der Waals surface area contributed by atoms with Crippen molar-refractivity contribution in [1.82, 2.24) is 0 Å². The third-order valence-electron chi connectivity index (χ3n) is 4.46. The van der Waals surface area contributed by atoms with Crippen LogP contribution in [0.25, 0.3) is 0 Å². The summed E-state index contributed by atoms with van der Waals surface area (Å²) in [5.41, 5.74) is 3.65. The normalized spacial score (nSPS) is 17.0. The molecule has 1 aliphatic rings. The molecule has 0 bridgehead atoms. The number of aromatic hydroxyl groups is 1. The molecule has 0 spiro atoms. The molecule has 0 aliphatic carbocycles. The van der Waals surface area contributed by atoms with Crippen LogP contribution in [-0.4, -0.2) is 23.8 Å². The van der Waals surface area contributed by atoms with Crippen LogP contribution in [0.5, 0.6) is 11.5 Å². The first kappa shape index (κ1) is 15.7. The van der Waals surface area contributed by atoms with E-state index in [1.807, 2.05) is 6.07 Å². The summed E-state index contributed by atoms with van der Waals surface area (Å²) in [6, 6.07) is 14.5. The van der Waals surface area contributed by atoms with Gasteiger partial charge in [-0.05, 0) is 43.5 Å². The van der Waals surface area contributed by atoms with Crippen molar-refractivity contribution in [3.05, 3.63) is 53.6 Å². The Hall–Kier alpha value is -2.16. The number of nitrogens with zero attached hydrogens (tertiary/aromatic N) is 1. The van der Waals surface area contributed by atoms with Crippen molar-refractivity contribution in [2.45, 2.75) is 45.8 Å². The van der Waals surface area contributed by atoms with Gasteiger partial charge in [0, 0.05) is 18.5 Å². The number of hydrogen-bond acceptors (Lipinski definition) is 3. The van der Waals surface area contributed by atoms with Crippen molar-refractivity contribution in [3.8, 4) is 11.5 Å². The molecule has 0 radical (unpaired) electrons. The van der Waals surface area contributed by atoms with Gasteiger partial charge in [0.2, 0.25) is 0 Å². The summed E-state index contributed by atoms with van der Waals surface area (Å²) in [6.07, 6.45) is 2.09. The van der Waals surface area contributed by atoms with Crippen molar-refractivity contribution < 1.29 is 9.84 Å². The van der Waals surface area contributed by atoms with Gasteiger partial charge >= 0.3 is 0 Å². The van der Waals surface area contributed by atoms with Gasteiger partial charge in [0.05, 0.1) is 12.2 Å². The Bertz CT molecular complexity index is 664. The van der Waals surface area contributed by atoms with Gasteiger partial charge < -0.3 is 14.7 Å². The first-order valence-electron chi connectivity index (χ1n) is 8.41. The zero-order valence-corrected chi connectivity index (χ0v) is 14.1. The second kappa shape index (κ2) is 6.53. The lowest BCUT2D eigenvalue weighted by Crippen LogP contribution is -2.44. The second-order valence-corrected chi connectivity index (χ2v) is 6.51. The van der Waals surface area contributed by atoms with Crippen molar-refractivity contribution in [3.63, 3.8) is 0 Å². The average Bonchev–Trinajstić information content (AvgIpc) is 2.55. The summed E-state index contributed by atoms with van der Waals surface area (Å²) in [5, 5.41) is 9.76. The SMILES string of the molecule is CCc1ccc(CC2CN(C(C)C)c3cc(O)ccc3O2)cc1. The molecule has 0 aromatic heterocycles. The zero-order chi connectivity index (χ0) is 16.4. The molecule has 0 saturated carbocycles. The molecule has 0 amide bonds. The number of anilines is 1. The van der Waals surface area contributed by atoms with E-state index in [9.17, 15) is 5.11 Å². The summed E-state index contributed by atoms with van der Waals surface area (Å²) < 4.78 is 6.18. The van der Waals surface area contributed by atoms with E-state index >= 15 is 0 Å². The van der Waals surface area contributed by atoms with Crippen molar-refractivity contribution >= 4 is 5.69 Å². The van der Waals surface area contributed by atoms with E-state index in [0.717, 1.165) is 30.8 Å². The molecule has 122 valence electrons. The van der Waals surface area contributed by atoms with Crippen LogP contribution >= 0.6 is 0 Å². The Balaban J connectivity index is 1.80. The van der Waals surface area contributed by atoms with E-state index in [-0.39, 0.29) is 11.9 Å². The standard InChI is InChI=1S/C20H25NO2/c1-4-15-5-7-16(8-6-15)11-18-13-21(14(2)3)19-12-17(22)9-10-20(19)23-18/h5-10,12,14,18,22H,4,11,13H2,1-3H3. The lowest BCUT2D eigenvalue weighted by molar-refractivity contribution is 0.190. The Morgan fingerprint density at radius 3 is 2.48 bits per heavy atom. The second-order valence-electron chi connectivity index (χ2n) is 6.51. The Morgan fingerprint density at radius 1 is 1.13 bits per heavy atom. The first-order chi connectivity index (χ1) is 11.1. The third kappa shape index (κ3) is 3.44. The van der Waals surface area contributed by atoms with Gasteiger partial charge in [-0.1, -0.05) is 31.2 Å². The fraction of sp³-hybridized carbons (Fsp3) is 0.400. The quantitative estimate of drug-likeness (QED) is 0.919. The van der Waals surface area contributed by atoms with E-state index < -0.39 is 0 Å². The summed E-state index contributed by atoms with van der Waals surface area (Å²) in [7, 11) is 0. The lowest BCUT2D eigenvalue weighted by Gasteiger charge is -2.39. The number of fused-ring (bicyclic) bond motifs is 1. The number of ether oxygens (including phenoxy) is 1. The predicted molar refractivity (Wildman–Crippen MR) is 94.5 cm³/mol. The molecule has 1 aliphatic heterocycles. The molecule has 1 unspecified atom stereocenters. The van der Waals surface area contributed by atoms with Gasteiger partial charge in [-0.25, -0.2) is 0 Å². The molecular formula is C20H25NO2. The summed E-state index contributed by atoms with van der Waals surface area (Å²) >= 11 is 0. The van der Waals surface area contributed by atoms with Crippen LogP contribution in [0.4, 0.5) is 5.69 Å². The maximum absolute atomic E-state index is 9.76. The highest BCUT2D eigenvalue weighted by Gasteiger charge is 2.27. The maximum atomic E-state index is 9.76. The van der Waals surface area contributed by atoms with Crippen LogP contribution in [0.1, 0.15) is 31.9 Å². The van der Waals surface area contributed by atoms with E-state index in [1.54, 1.807) is 12.1 Å². The van der Waals surface area contributed by atoms with Crippen LogP contribution in [0.2, 0.25) is 0 Å². The van der Waals surface area contributed by atoms with Crippen LogP contribution < -0.4 is 9.64 Å². The summed E-state index contributed by atoms with van der Waals surface area (Å²) in [5.74, 6) is 1.14. The fourth-order valence-corrected chi connectivity index (χ4v) is 3.13. The lowest BCUT2D eigenvalue weighted by atomic mass is 10.0. The minimum absolute atomic E-state index is 0.127. The largest absolute Gasteiger partial charge is 0.508 e. The van der Waals surface area contributed by atoms with Gasteiger partial charge in [-0.2, -0.15) is 0 Å². The monoisotopic (exact) mass is 311 g/mol. The summed E-state index contributed by atoms with van der Waals surface area (Å²) in [6.45, 7) is 7.36. The Labute approximate surface area is 138 Å². The minimum atomic E-state index is 0.127. The fourth-order valence-electron chi connectivity index (χ4n) is 3.13. The summed E-state index contributed by atoms with van der Waals surface area (Å²) in [4.78, 5) is 2.31. The predicted octanol–water partition coefficient (Wildman–Crippen LogP) is 4.17. The molecule has 1 heterocycles. The molecule has 0 saturated heterocycles. The average molecular weight is 311 g/mol. The third-order valence-corrected chi connectivity index (χ3v) is 4.46. The minimum Gasteiger partial charge on any atom is -0.508 e. The zero-order valence-electron chi connectivity index (χ0n) is 14.1. The maximum Gasteiger partial charge on any atom is 0.143 e.